The first-order valence-corrected chi connectivity index (χ1v) is 7.73. The lowest BCUT2D eigenvalue weighted by molar-refractivity contribution is 0.596. The second-order valence-corrected chi connectivity index (χ2v) is 6.43. The van der Waals surface area contributed by atoms with Crippen molar-refractivity contribution in [3.05, 3.63) is 29.8 Å². The first-order chi connectivity index (χ1) is 8.05. The van der Waals surface area contributed by atoms with Crippen LogP contribution in [-0.2, 0) is 9.84 Å². The summed E-state index contributed by atoms with van der Waals surface area (Å²) in [6.07, 6.45) is 1.97. The van der Waals surface area contributed by atoms with E-state index < -0.39 is 9.84 Å². The van der Waals surface area contributed by atoms with Crippen LogP contribution in [0, 0.1) is 0 Å². The molecule has 17 heavy (non-hydrogen) atoms. The van der Waals surface area contributed by atoms with E-state index in [-0.39, 0.29) is 5.75 Å². The second kappa shape index (κ2) is 6.17. The topological polar surface area (TPSA) is 60.2 Å². The summed E-state index contributed by atoms with van der Waals surface area (Å²) in [5.74, 6) is 0.574. The number of benzene rings is 1. The predicted molar refractivity (Wildman–Crippen MR) is 70.9 cm³/mol. The Labute approximate surface area is 104 Å². The lowest BCUT2D eigenvalue weighted by Gasteiger charge is -2.14. The summed E-state index contributed by atoms with van der Waals surface area (Å²) in [4.78, 5) is 0.409. The Morgan fingerprint density at radius 1 is 1.18 bits per heavy atom. The fraction of sp³-hybridized carbons (Fsp3) is 0.538. The largest absolute Gasteiger partial charge is 0.330 e. The molecule has 1 unspecified atom stereocenters. The highest BCUT2D eigenvalue weighted by atomic mass is 32.2. The highest BCUT2D eigenvalue weighted by Gasteiger charge is 2.13. The molecule has 0 aliphatic carbocycles. The van der Waals surface area contributed by atoms with Crippen molar-refractivity contribution in [2.75, 3.05) is 12.3 Å². The van der Waals surface area contributed by atoms with Crippen molar-refractivity contribution >= 4 is 9.84 Å². The minimum atomic E-state index is -3.08. The van der Waals surface area contributed by atoms with Gasteiger partial charge in [-0.3, -0.25) is 0 Å². The van der Waals surface area contributed by atoms with E-state index in [9.17, 15) is 8.42 Å². The van der Waals surface area contributed by atoms with Crippen LogP contribution in [0.2, 0.25) is 0 Å². The fourth-order valence-electron chi connectivity index (χ4n) is 1.92. The first kappa shape index (κ1) is 14.2. The highest BCUT2D eigenvalue weighted by molar-refractivity contribution is 7.91. The van der Waals surface area contributed by atoms with Gasteiger partial charge in [0.2, 0.25) is 0 Å². The average molecular weight is 255 g/mol. The van der Waals surface area contributed by atoms with Gasteiger partial charge in [0.1, 0.15) is 0 Å². The minimum Gasteiger partial charge on any atom is -0.330 e. The number of nitrogens with two attached hydrogens (primary N) is 1. The molecule has 3 nitrogen and oxygen atoms in total. The lowest BCUT2D eigenvalue weighted by atomic mass is 9.93. The summed E-state index contributed by atoms with van der Waals surface area (Å²) in [5.41, 5.74) is 6.74. The van der Waals surface area contributed by atoms with Crippen molar-refractivity contribution in [2.24, 2.45) is 5.73 Å². The van der Waals surface area contributed by atoms with Gasteiger partial charge in [-0.25, -0.2) is 8.42 Å². The molecular weight excluding hydrogens is 234 g/mol. The van der Waals surface area contributed by atoms with Crippen molar-refractivity contribution in [2.45, 2.75) is 37.5 Å². The van der Waals surface area contributed by atoms with Crippen LogP contribution in [0.25, 0.3) is 0 Å². The van der Waals surface area contributed by atoms with Crippen molar-refractivity contribution in [3.8, 4) is 0 Å². The molecule has 0 aliphatic heterocycles. The smallest absolute Gasteiger partial charge is 0.178 e. The van der Waals surface area contributed by atoms with E-state index in [0.717, 1.165) is 12.8 Å². The molecule has 96 valence electrons. The maximum atomic E-state index is 11.7. The van der Waals surface area contributed by atoms with Gasteiger partial charge in [0.05, 0.1) is 10.6 Å². The summed E-state index contributed by atoms with van der Waals surface area (Å²) in [6.45, 7) is 4.44. The van der Waals surface area contributed by atoms with E-state index in [4.69, 9.17) is 5.73 Å². The van der Waals surface area contributed by atoms with Gasteiger partial charge in [-0.2, -0.15) is 0 Å². The zero-order valence-electron chi connectivity index (χ0n) is 10.5. The summed E-state index contributed by atoms with van der Waals surface area (Å²) >= 11 is 0. The van der Waals surface area contributed by atoms with Crippen molar-refractivity contribution < 1.29 is 8.42 Å². The molecule has 0 spiro atoms. The molecule has 0 aliphatic rings. The van der Waals surface area contributed by atoms with Gasteiger partial charge >= 0.3 is 0 Å². The van der Waals surface area contributed by atoms with Gasteiger partial charge < -0.3 is 5.73 Å². The molecule has 1 rings (SSSR count). The Morgan fingerprint density at radius 2 is 1.76 bits per heavy atom. The van der Waals surface area contributed by atoms with Crippen LogP contribution in [0.1, 0.15) is 38.2 Å². The van der Waals surface area contributed by atoms with Gasteiger partial charge in [0, 0.05) is 0 Å². The SMILES string of the molecule is CCC(CCN)c1ccc(S(=O)(=O)CC)cc1. The molecule has 1 aromatic rings. The van der Waals surface area contributed by atoms with E-state index in [2.05, 4.69) is 6.92 Å². The van der Waals surface area contributed by atoms with E-state index in [0.29, 0.717) is 17.4 Å². The zero-order valence-corrected chi connectivity index (χ0v) is 11.3. The van der Waals surface area contributed by atoms with Crippen LogP contribution in [0.15, 0.2) is 29.2 Å². The Morgan fingerprint density at radius 3 is 2.18 bits per heavy atom. The van der Waals surface area contributed by atoms with E-state index in [1.807, 2.05) is 12.1 Å². The monoisotopic (exact) mass is 255 g/mol. The maximum absolute atomic E-state index is 11.7. The van der Waals surface area contributed by atoms with Crippen LogP contribution in [0.4, 0.5) is 0 Å². The molecule has 0 amide bonds. The van der Waals surface area contributed by atoms with Crippen LogP contribution in [-0.4, -0.2) is 20.7 Å². The van der Waals surface area contributed by atoms with Gasteiger partial charge in [0.25, 0.3) is 0 Å². The van der Waals surface area contributed by atoms with Crippen molar-refractivity contribution in [1.29, 1.82) is 0 Å². The molecule has 0 bridgehead atoms. The fourth-order valence-corrected chi connectivity index (χ4v) is 2.81. The van der Waals surface area contributed by atoms with E-state index >= 15 is 0 Å². The van der Waals surface area contributed by atoms with Gasteiger partial charge in [-0.15, -0.1) is 0 Å². The summed E-state index contributed by atoms with van der Waals surface area (Å²) in [6, 6.07) is 7.22. The Balaban J connectivity index is 2.95. The quantitative estimate of drug-likeness (QED) is 0.848. The van der Waals surface area contributed by atoms with E-state index in [1.165, 1.54) is 5.56 Å². The standard InChI is InChI=1S/C13H21NO2S/c1-3-11(9-10-14)12-5-7-13(8-6-12)17(15,16)4-2/h5-8,11H,3-4,9-10,14H2,1-2H3. The average Bonchev–Trinajstić information content (AvgIpc) is 2.36. The third-order valence-corrected chi connectivity index (χ3v) is 4.85. The second-order valence-electron chi connectivity index (χ2n) is 4.15. The molecule has 0 heterocycles. The van der Waals surface area contributed by atoms with Crippen molar-refractivity contribution in [3.63, 3.8) is 0 Å². The predicted octanol–water partition coefficient (Wildman–Crippen LogP) is 2.32. The maximum Gasteiger partial charge on any atom is 0.178 e. The first-order valence-electron chi connectivity index (χ1n) is 6.08. The molecule has 4 heteroatoms. The summed E-state index contributed by atoms with van der Waals surface area (Å²) in [7, 11) is -3.08. The number of hydrogen-bond donors (Lipinski definition) is 1. The molecule has 2 N–H and O–H groups in total. The highest BCUT2D eigenvalue weighted by Crippen LogP contribution is 2.24. The molecule has 0 saturated heterocycles. The van der Waals surface area contributed by atoms with Gasteiger partial charge in [-0.1, -0.05) is 26.0 Å². The summed E-state index contributed by atoms with van der Waals surface area (Å²) in [5, 5.41) is 0. The molecule has 0 fully saturated rings. The normalized spacial score (nSPS) is 13.6. The molecular formula is C13H21NO2S. The molecule has 0 aromatic heterocycles. The van der Waals surface area contributed by atoms with Gasteiger partial charge in [-0.05, 0) is 43.0 Å². The van der Waals surface area contributed by atoms with Crippen LogP contribution >= 0.6 is 0 Å². The van der Waals surface area contributed by atoms with E-state index in [1.54, 1.807) is 19.1 Å². The number of sulfone groups is 1. The van der Waals surface area contributed by atoms with Gasteiger partial charge in [0.15, 0.2) is 9.84 Å². The van der Waals surface area contributed by atoms with Crippen LogP contribution in [0.3, 0.4) is 0 Å². The zero-order chi connectivity index (χ0) is 12.9. The minimum absolute atomic E-state index is 0.145. The lowest BCUT2D eigenvalue weighted by Crippen LogP contribution is -2.08. The Bertz CT molecular complexity index is 437. The Hall–Kier alpha value is -0.870. The third-order valence-electron chi connectivity index (χ3n) is 3.10. The Kier molecular flexibility index (Phi) is 5.15. The number of rotatable bonds is 6. The molecule has 1 aromatic carbocycles. The summed E-state index contributed by atoms with van der Waals surface area (Å²) < 4.78 is 23.3. The molecule has 1 atom stereocenters. The van der Waals surface area contributed by atoms with Crippen molar-refractivity contribution in [1.82, 2.24) is 0 Å². The third kappa shape index (κ3) is 3.54. The number of hydrogen-bond acceptors (Lipinski definition) is 3. The van der Waals surface area contributed by atoms with Crippen LogP contribution < -0.4 is 5.73 Å². The van der Waals surface area contributed by atoms with Crippen LogP contribution in [0.5, 0.6) is 0 Å². The molecule has 0 saturated carbocycles. The molecule has 0 radical (unpaired) electrons.